The zero-order valence-electron chi connectivity index (χ0n) is 13.7. The summed E-state index contributed by atoms with van der Waals surface area (Å²) < 4.78 is 5.68. The number of amides is 1. The molecule has 0 spiro atoms. The van der Waals surface area contributed by atoms with E-state index in [1.54, 1.807) is 0 Å². The molecule has 1 saturated heterocycles. The molecule has 1 atom stereocenters. The van der Waals surface area contributed by atoms with Crippen molar-refractivity contribution in [1.82, 2.24) is 9.88 Å². The average molecular weight is 312 g/mol. The molecule has 23 heavy (non-hydrogen) atoms. The number of carbonyl (C=O) groups excluding carboxylic acids is 1. The fraction of sp³-hybridized carbons (Fsp3) is 0.526. The fourth-order valence-corrected chi connectivity index (χ4v) is 3.87. The van der Waals surface area contributed by atoms with Crippen LogP contribution in [0.2, 0.25) is 0 Å². The Balaban J connectivity index is 1.64. The molecule has 0 bridgehead atoms. The van der Waals surface area contributed by atoms with Gasteiger partial charge >= 0.3 is 0 Å². The molecular formula is C19H24N2O2. The molecule has 1 aromatic heterocycles. The number of nitrogens with zero attached hydrogens (tertiary/aromatic N) is 1. The number of benzene rings is 1. The number of carbonyl (C=O) groups is 1. The topological polar surface area (TPSA) is 45.3 Å². The van der Waals surface area contributed by atoms with Crippen molar-refractivity contribution in [3.05, 3.63) is 35.0 Å². The smallest absolute Gasteiger partial charge is 0.254 e. The second-order valence-electron chi connectivity index (χ2n) is 6.70. The first kappa shape index (κ1) is 14.8. The van der Waals surface area contributed by atoms with E-state index in [0.717, 1.165) is 24.8 Å². The molecule has 4 nitrogen and oxygen atoms in total. The molecule has 2 aromatic rings. The molecule has 1 aromatic carbocycles. The number of aryl methyl sites for hydroxylation is 2. The quantitative estimate of drug-likeness (QED) is 0.925. The van der Waals surface area contributed by atoms with Crippen molar-refractivity contribution in [1.29, 1.82) is 0 Å². The van der Waals surface area contributed by atoms with E-state index in [2.05, 4.69) is 24.0 Å². The van der Waals surface area contributed by atoms with E-state index in [1.807, 2.05) is 11.0 Å². The predicted molar refractivity (Wildman–Crippen MR) is 90.9 cm³/mol. The van der Waals surface area contributed by atoms with E-state index in [9.17, 15) is 4.79 Å². The number of aromatic nitrogens is 1. The predicted octanol–water partition coefficient (Wildman–Crippen LogP) is 3.30. The molecule has 2 heterocycles. The largest absolute Gasteiger partial charge is 0.375 e. The summed E-state index contributed by atoms with van der Waals surface area (Å²) in [5, 5.41) is 1.24. The third kappa shape index (κ3) is 2.65. The van der Waals surface area contributed by atoms with Gasteiger partial charge in [-0.3, -0.25) is 4.79 Å². The van der Waals surface area contributed by atoms with Crippen LogP contribution >= 0.6 is 0 Å². The Hall–Kier alpha value is -1.81. The minimum Gasteiger partial charge on any atom is -0.375 e. The van der Waals surface area contributed by atoms with E-state index in [0.29, 0.717) is 19.7 Å². The van der Waals surface area contributed by atoms with Gasteiger partial charge in [0.05, 0.1) is 12.7 Å². The highest BCUT2D eigenvalue weighted by atomic mass is 16.5. The summed E-state index contributed by atoms with van der Waals surface area (Å²) in [6, 6.07) is 6.12. The first-order valence-electron chi connectivity index (χ1n) is 8.80. The Morgan fingerprint density at radius 3 is 3.09 bits per heavy atom. The molecule has 4 rings (SSSR count). The Labute approximate surface area is 136 Å². The molecule has 122 valence electrons. The van der Waals surface area contributed by atoms with Gasteiger partial charge in [0, 0.05) is 35.2 Å². The highest BCUT2D eigenvalue weighted by Crippen LogP contribution is 2.30. The first-order chi connectivity index (χ1) is 11.3. The zero-order valence-corrected chi connectivity index (χ0v) is 13.7. The molecule has 1 aliphatic heterocycles. The number of rotatable bonds is 2. The van der Waals surface area contributed by atoms with Gasteiger partial charge in [0.15, 0.2) is 0 Å². The lowest BCUT2D eigenvalue weighted by atomic mass is 9.95. The third-order valence-electron chi connectivity index (χ3n) is 5.23. The Kier molecular flexibility index (Phi) is 3.85. The molecule has 0 saturated carbocycles. The molecular weight excluding hydrogens is 288 g/mol. The van der Waals surface area contributed by atoms with Gasteiger partial charge in [-0.05, 0) is 55.9 Å². The average Bonchev–Trinajstić information content (AvgIpc) is 2.99. The van der Waals surface area contributed by atoms with Crippen molar-refractivity contribution >= 4 is 16.8 Å². The zero-order chi connectivity index (χ0) is 15.8. The lowest BCUT2D eigenvalue weighted by Crippen LogP contribution is -2.45. The molecule has 2 aliphatic rings. The van der Waals surface area contributed by atoms with Crippen LogP contribution in [0, 0.1) is 0 Å². The van der Waals surface area contributed by atoms with Crippen LogP contribution in [0.15, 0.2) is 18.2 Å². The highest BCUT2D eigenvalue weighted by molar-refractivity contribution is 5.99. The Morgan fingerprint density at radius 1 is 1.35 bits per heavy atom. The summed E-state index contributed by atoms with van der Waals surface area (Å²) in [5.74, 6) is 0.138. The van der Waals surface area contributed by atoms with Gasteiger partial charge in [-0.1, -0.05) is 6.92 Å². The molecule has 1 amide bonds. The van der Waals surface area contributed by atoms with Crippen molar-refractivity contribution in [2.45, 2.75) is 45.1 Å². The SMILES string of the molecule is CC[C@@H]1CN(C(=O)c2ccc3[nH]c4c(c3c2)CCCC4)CCO1. The number of fused-ring (bicyclic) bond motifs is 3. The number of nitrogens with one attached hydrogen (secondary N) is 1. The van der Waals surface area contributed by atoms with E-state index in [-0.39, 0.29) is 12.0 Å². The van der Waals surface area contributed by atoms with Crippen molar-refractivity contribution in [3.63, 3.8) is 0 Å². The van der Waals surface area contributed by atoms with Crippen molar-refractivity contribution in [2.75, 3.05) is 19.7 Å². The van der Waals surface area contributed by atoms with Crippen LogP contribution in [0.1, 0.15) is 47.8 Å². The number of aromatic amines is 1. The third-order valence-corrected chi connectivity index (χ3v) is 5.23. The minimum atomic E-state index is 0.138. The maximum atomic E-state index is 12.9. The second-order valence-corrected chi connectivity index (χ2v) is 6.70. The number of morpholine rings is 1. The normalized spacial score (nSPS) is 21.4. The van der Waals surface area contributed by atoms with Gasteiger partial charge in [-0.2, -0.15) is 0 Å². The van der Waals surface area contributed by atoms with Crippen LogP contribution in [-0.4, -0.2) is 41.6 Å². The van der Waals surface area contributed by atoms with Crippen LogP contribution in [0.3, 0.4) is 0 Å². The van der Waals surface area contributed by atoms with Crippen LogP contribution in [0.25, 0.3) is 10.9 Å². The van der Waals surface area contributed by atoms with Gasteiger partial charge in [-0.25, -0.2) is 0 Å². The number of hydrogen-bond acceptors (Lipinski definition) is 2. The number of H-pyrrole nitrogens is 1. The first-order valence-corrected chi connectivity index (χ1v) is 8.80. The summed E-state index contributed by atoms with van der Waals surface area (Å²) >= 11 is 0. The van der Waals surface area contributed by atoms with Gasteiger partial charge < -0.3 is 14.6 Å². The molecule has 4 heteroatoms. The lowest BCUT2D eigenvalue weighted by Gasteiger charge is -2.32. The summed E-state index contributed by atoms with van der Waals surface area (Å²) in [6.07, 6.45) is 5.90. The van der Waals surface area contributed by atoms with Crippen molar-refractivity contribution in [2.24, 2.45) is 0 Å². The van der Waals surface area contributed by atoms with Gasteiger partial charge in [0.1, 0.15) is 0 Å². The number of hydrogen-bond donors (Lipinski definition) is 1. The molecule has 0 radical (unpaired) electrons. The second kappa shape index (κ2) is 6.00. The van der Waals surface area contributed by atoms with Crippen LogP contribution in [0.5, 0.6) is 0 Å². The summed E-state index contributed by atoms with van der Waals surface area (Å²) in [7, 11) is 0. The van der Waals surface area contributed by atoms with Crippen molar-refractivity contribution < 1.29 is 9.53 Å². The highest BCUT2D eigenvalue weighted by Gasteiger charge is 2.25. The maximum absolute atomic E-state index is 12.9. The minimum absolute atomic E-state index is 0.138. The molecule has 1 aliphatic carbocycles. The summed E-state index contributed by atoms with van der Waals surface area (Å²) in [5.41, 5.74) is 4.77. The Bertz CT molecular complexity index is 734. The molecule has 1 N–H and O–H groups in total. The van der Waals surface area contributed by atoms with Crippen LogP contribution < -0.4 is 0 Å². The molecule has 0 unspecified atom stereocenters. The molecule has 1 fully saturated rings. The van der Waals surface area contributed by atoms with Gasteiger partial charge in [0.2, 0.25) is 0 Å². The lowest BCUT2D eigenvalue weighted by molar-refractivity contribution is -0.0226. The summed E-state index contributed by atoms with van der Waals surface area (Å²) in [4.78, 5) is 18.3. The van der Waals surface area contributed by atoms with Gasteiger partial charge in [-0.15, -0.1) is 0 Å². The van der Waals surface area contributed by atoms with E-state index in [4.69, 9.17) is 4.74 Å². The standard InChI is InChI=1S/C19H24N2O2/c1-2-14-12-21(9-10-23-14)19(22)13-7-8-18-16(11-13)15-5-3-4-6-17(15)20-18/h7-8,11,14,20H,2-6,9-10,12H2,1H3/t14-/m1/s1. The van der Waals surface area contributed by atoms with Gasteiger partial charge in [0.25, 0.3) is 5.91 Å². The van der Waals surface area contributed by atoms with Crippen LogP contribution in [-0.2, 0) is 17.6 Å². The van der Waals surface area contributed by atoms with E-state index in [1.165, 1.54) is 35.0 Å². The van der Waals surface area contributed by atoms with Crippen LogP contribution in [0.4, 0.5) is 0 Å². The number of ether oxygens (including phenoxy) is 1. The maximum Gasteiger partial charge on any atom is 0.254 e. The van der Waals surface area contributed by atoms with Crippen molar-refractivity contribution in [3.8, 4) is 0 Å². The van der Waals surface area contributed by atoms with E-state index < -0.39 is 0 Å². The van der Waals surface area contributed by atoms with E-state index >= 15 is 0 Å². The monoisotopic (exact) mass is 312 g/mol. The fourth-order valence-electron chi connectivity index (χ4n) is 3.87. The Morgan fingerprint density at radius 2 is 2.22 bits per heavy atom. The summed E-state index contributed by atoms with van der Waals surface area (Å²) in [6.45, 7) is 4.15.